The van der Waals surface area contributed by atoms with Gasteiger partial charge < -0.3 is 14.6 Å². The highest BCUT2D eigenvalue weighted by Gasteiger charge is 2.21. The van der Waals surface area contributed by atoms with E-state index in [1.54, 1.807) is 30.5 Å². The van der Waals surface area contributed by atoms with Gasteiger partial charge in [-0.3, -0.25) is 14.0 Å². The number of aromatic nitrogens is 2. The molecule has 0 bridgehead atoms. The highest BCUT2D eigenvalue weighted by molar-refractivity contribution is 6.02. The first-order chi connectivity index (χ1) is 19.1. The number of hydrogen-bond donors (Lipinski definition) is 1. The second-order valence-electron chi connectivity index (χ2n) is 8.84. The van der Waals surface area contributed by atoms with Gasteiger partial charge in [0, 0.05) is 19.3 Å². The maximum atomic E-state index is 13.8. The summed E-state index contributed by atoms with van der Waals surface area (Å²) in [6.07, 6.45) is 4.45. The molecule has 0 fully saturated rings. The monoisotopic (exact) mass is 515 g/mol. The average Bonchev–Trinajstić information content (AvgIpc) is 3.50. The minimum atomic E-state index is -0.616. The van der Waals surface area contributed by atoms with E-state index >= 15 is 0 Å². The van der Waals surface area contributed by atoms with E-state index in [9.17, 15) is 14.9 Å². The summed E-state index contributed by atoms with van der Waals surface area (Å²) < 4.78 is 6.67. The van der Waals surface area contributed by atoms with Crippen molar-refractivity contribution in [3.8, 4) is 6.07 Å². The molecule has 8 heteroatoms. The summed E-state index contributed by atoms with van der Waals surface area (Å²) in [5.41, 5.74) is 2.06. The lowest BCUT2D eigenvalue weighted by atomic mass is 10.1. The van der Waals surface area contributed by atoms with Crippen LogP contribution in [0.15, 0.2) is 118 Å². The number of carbonyl (C=O) groups excluding carboxylic acids is 1. The number of nitriles is 1. The number of pyridine rings is 1. The van der Waals surface area contributed by atoms with Crippen molar-refractivity contribution in [2.75, 3.05) is 4.90 Å². The molecule has 39 heavy (non-hydrogen) atoms. The van der Waals surface area contributed by atoms with Gasteiger partial charge in [0.2, 0.25) is 0 Å². The average molecular weight is 516 g/mol. The molecule has 1 amide bonds. The quantitative estimate of drug-likeness (QED) is 0.225. The third kappa shape index (κ3) is 5.95. The highest BCUT2D eigenvalue weighted by atomic mass is 16.3. The number of furan rings is 1. The van der Waals surface area contributed by atoms with Crippen LogP contribution < -0.4 is 15.8 Å². The zero-order valence-corrected chi connectivity index (χ0v) is 21.0. The molecular weight excluding hydrogens is 490 g/mol. The van der Waals surface area contributed by atoms with Gasteiger partial charge in [0.1, 0.15) is 28.9 Å². The molecule has 0 saturated carbocycles. The van der Waals surface area contributed by atoms with E-state index in [-0.39, 0.29) is 23.2 Å². The molecule has 5 rings (SSSR count). The van der Waals surface area contributed by atoms with Gasteiger partial charge >= 0.3 is 0 Å². The fourth-order valence-electron chi connectivity index (χ4n) is 4.24. The van der Waals surface area contributed by atoms with Crippen LogP contribution in [0.25, 0.3) is 11.7 Å². The lowest BCUT2D eigenvalue weighted by Crippen LogP contribution is -2.29. The summed E-state index contributed by atoms with van der Waals surface area (Å²) in [7, 11) is 0. The maximum Gasteiger partial charge on any atom is 0.267 e. The summed E-state index contributed by atoms with van der Waals surface area (Å²) in [5.74, 6) is 0.311. The van der Waals surface area contributed by atoms with Gasteiger partial charge in [-0.1, -0.05) is 66.7 Å². The minimum absolute atomic E-state index is 0.112. The summed E-state index contributed by atoms with van der Waals surface area (Å²) >= 11 is 0. The van der Waals surface area contributed by atoms with Crippen molar-refractivity contribution in [1.29, 1.82) is 5.26 Å². The molecule has 3 aromatic heterocycles. The number of nitrogens with one attached hydrogen (secondary N) is 1. The molecule has 0 atom stereocenters. The van der Waals surface area contributed by atoms with Gasteiger partial charge in [-0.05, 0) is 41.5 Å². The van der Waals surface area contributed by atoms with Crippen LogP contribution in [0, 0.1) is 11.3 Å². The Labute approximate surface area is 225 Å². The Balaban J connectivity index is 1.62. The van der Waals surface area contributed by atoms with E-state index in [4.69, 9.17) is 9.40 Å². The molecule has 0 aliphatic heterocycles. The van der Waals surface area contributed by atoms with E-state index in [1.165, 1.54) is 16.7 Å². The number of nitrogens with zero attached hydrogens (tertiary/aromatic N) is 4. The third-order valence-corrected chi connectivity index (χ3v) is 6.14. The van der Waals surface area contributed by atoms with Crippen molar-refractivity contribution in [3.63, 3.8) is 0 Å². The zero-order chi connectivity index (χ0) is 27.0. The predicted molar refractivity (Wildman–Crippen MR) is 148 cm³/mol. The number of anilines is 1. The molecule has 192 valence electrons. The van der Waals surface area contributed by atoms with Gasteiger partial charge in [0.25, 0.3) is 11.5 Å². The Morgan fingerprint density at radius 2 is 1.62 bits per heavy atom. The molecule has 1 N–H and O–H groups in total. The minimum Gasteiger partial charge on any atom is -0.467 e. The van der Waals surface area contributed by atoms with Crippen molar-refractivity contribution in [3.05, 3.63) is 142 Å². The van der Waals surface area contributed by atoms with Crippen molar-refractivity contribution in [2.45, 2.75) is 19.6 Å². The second kappa shape index (κ2) is 11.8. The smallest absolute Gasteiger partial charge is 0.267 e. The van der Waals surface area contributed by atoms with Crippen LogP contribution in [0.3, 0.4) is 0 Å². The van der Waals surface area contributed by atoms with Crippen molar-refractivity contribution in [2.24, 2.45) is 0 Å². The third-order valence-electron chi connectivity index (χ3n) is 6.14. The second-order valence-corrected chi connectivity index (χ2v) is 8.84. The molecule has 0 radical (unpaired) electrons. The summed E-state index contributed by atoms with van der Waals surface area (Å²) in [4.78, 5) is 33.5. The Morgan fingerprint density at radius 1 is 0.949 bits per heavy atom. The lowest BCUT2D eigenvalue weighted by Gasteiger charge is -2.26. The highest BCUT2D eigenvalue weighted by Crippen LogP contribution is 2.24. The molecular formula is C31H25N5O3. The predicted octanol–water partition coefficient (Wildman–Crippen LogP) is 4.72. The van der Waals surface area contributed by atoms with Gasteiger partial charge in [-0.15, -0.1) is 0 Å². The molecule has 2 aromatic carbocycles. The van der Waals surface area contributed by atoms with Crippen molar-refractivity contribution in [1.82, 2.24) is 14.7 Å². The zero-order valence-electron chi connectivity index (χ0n) is 21.0. The molecule has 0 aliphatic carbocycles. The first-order valence-corrected chi connectivity index (χ1v) is 12.4. The van der Waals surface area contributed by atoms with Crippen LogP contribution in [0.2, 0.25) is 0 Å². The van der Waals surface area contributed by atoms with E-state index in [2.05, 4.69) is 5.32 Å². The number of amides is 1. The topological polar surface area (TPSA) is 104 Å². The lowest BCUT2D eigenvalue weighted by molar-refractivity contribution is -0.117. The van der Waals surface area contributed by atoms with Crippen LogP contribution >= 0.6 is 0 Å². The molecule has 3 heterocycles. The Hall–Kier alpha value is -5.42. The van der Waals surface area contributed by atoms with Gasteiger partial charge in [-0.25, -0.2) is 4.98 Å². The molecule has 5 aromatic rings. The Bertz CT molecular complexity index is 1660. The van der Waals surface area contributed by atoms with Crippen LogP contribution in [0.1, 0.15) is 22.5 Å². The van der Waals surface area contributed by atoms with Crippen molar-refractivity contribution >= 4 is 23.4 Å². The molecule has 0 aliphatic rings. The van der Waals surface area contributed by atoms with Crippen LogP contribution in [-0.2, 0) is 24.4 Å². The molecule has 0 unspecified atom stereocenters. The summed E-state index contributed by atoms with van der Waals surface area (Å²) in [5, 5.41) is 12.5. The van der Waals surface area contributed by atoms with Gasteiger partial charge in [0.15, 0.2) is 0 Å². The standard InChI is InChI=1S/C31H25N5O3/c32-19-25(30(37)33-20-26-14-9-17-39-26)18-27-29(34-28-15-7-8-16-36(28)31(27)38)35(21-23-10-3-1-4-11-23)22-24-12-5-2-6-13-24/h1-18H,20-22H2,(H,33,37). The van der Waals surface area contributed by atoms with Crippen LogP contribution in [0.4, 0.5) is 5.82 Å². The number of fused-ring (bicyclic) bond motifs is 1. The normalized spacial score (nSPS) is 11.2. The number of rotatable bonds is 9. The van der Waals surface area contributed by atoms with Crippen LogP contribution in [0.5, 0.6) is 0 Å². The number of carbonyl (C=O) groups is 1. The van der Waals surface area contributed by atoms with E-state index in [1.807, 2.05) is 77.7 Å². The summed E-state index contributed by atoms with van der Waals surface area (Å²) in [6.45, 7) is 1.03. The Morgan fingerprint density at radius 3 is 2.23 bits per heavy atom. The van der Waals surface area contributed by atoms with Crippen molar-refractivity contribution < 1.29 is 9.21 Å². The molecule has 0 spiro atoms. The number of hydrogen-bond acceptors (Lipinski definition) is 6. The SMILES string of the molecule is N#CC(=Cc1c(N(Cc2ccccc2)Cc2ccccc2)nc2ccccn2c1=O)C(=O)NCc1ccco1. The largest absolute Gasteiger partial charge is 0.467 e. The van der Waals surface area contributed by atoms with Crippen LogP contribution in [-0.4, -0.2) is 15.3 Å². The molecule has 0 saturated heterocycles. The Kier molecular flexibility index (Phi) is 7.61. The summed E-state index contributed by atoms with van der Waals surface area (Å²) in [6, 6.07) is 30.4. The first-order valence-electron chi connectivity index (χ1n) is 12.4. The molecule has 8 nitrogen and oxygen atoms in total. The van der Waals surface area contributed by atoms with E-state index < -0.39 is 5.91 Å². The van der Waals surface area contributed by atoms with E-state index in [0.29, 0.717) is 30.3 Å². The van der Waals surface area contributed by atoms with Gasteiger partial charge in [-0.2, -0.15) is 5.26 Å². The fraction of sp³-hybridized carbons (Fsp3) is 0.0968. The maximum absolute atomic E-state index is 13.8. The van der Waals surface area contributed by atoms with Gasteiger partial charge in [0.05, 0.1) is 18.4 Å². The first kappa shape index (κ1) is 25.2. The van der Waals surface area contributed by atoms with E-state index in [0.717, 1.165) is 11.1 Å². The number of benzene rings is 2. The fourth-order valence-corrected chi connectivity index (χ4v) is 4.24.